The van der Waals surface area contributed by atoms with Gasteiger partial charge in [-0.25, -0.2) is 8.78 Å². The van der Waals surface area contributed by atoms with Crippen molar-refractivity contribution in [2.75, 3.05) is 25.5 Å². The molecular formula is C11H16F2N2. The van der Waals surface area contributed by atoms with Crippen molar-refractivity contribution in [3.05, 3.63) is 29.3 Å². The molecule has 0 aliphatic rings. The first-order valence-corrected chi connectivity index (χ1v) is 4.84. The predicted molar refractivity (Wildman–Crippen MR) is 58.2 cm³/mol. The Bertz CT molecular complexity index is 351. The molecule has 4 heteroatoms. The molecule has 0 spiro atoms. The fourth-order valence-corrected chi connectivity index (χ4v) is 1.53. The van der Waals surface area contributed by atoms with Crippen LogP contribution in [0.15, 0.2) is 12.1 Å². The highest BCUT2D eigenvalue weighted by Gasteiger charge is 2.18. The Kier molecular flexibility index (Phi) is 3.63. The molecule has 84 valence electrons. The number of nitrogens with two attached hydrogens (primary N) is 1. The van der Waals surface area contributed by atoms with E-state index in [4.69, 9.17) is 5.73 Å². The van der Waals surface area contributed by atoms with Crippen molar-refractivity contribution in [3.8, 4) is 0 Å². The van der Waals surface area contributed by atoms with Gasteiger partial charge in [0.2, 0.25) is 0 Å². The van der Waals surface area contributed by atoms with Crippen LogP contribution in [-0.2, 0) is 0 Å². The van der Waals surface area contributed by atoms with Crippen LogP contribution >= 0.6 is 0 Å². The summed E-state index contributed by atoms with van der Waals surface area (Å²) in [5.41, 5.74) is 6.55. The van der Waals surface area contributed by atoms with Crippen LogP contribution in [0.3, 0.4) is 0 Å². The number of hydrogen-bond acceptors (Lipinski definition) is 2. The fourth-order valence-electron chi connectivity index (χ4n) is 1.53. The third-order valence-corrected chi connectivity index (χ3v) is 2.43. The smallest absolute Gasteiger partial charge is 0.182 e. The number of hydrogen-bond donors (Lipinski definition) is 1. The minimum absolute atomic E-state index is 0.0116. The standard InChI is InChI=1S/C11H16F2N2/c1-7(6-14)8-4-5-9(12)10(13)11(8)15(2)3/h4-5,7H,6,14H2,1-3H3. The van der Waals surface area contributed by atoms with Crippen molar-refractivity contribution >= 4 is 5.69 Å². The minimum atomic E-state index is -0.827. The SMILES string of the molecule is CC(CN)c1ccc(F)c(F)c1N(C)C. The molecule has 0 saturated heterocycles. The van der Waals surface area contributed by atoms with Gasteiger partial charge in [0, 0.05) is 14.1 Å². The molecule has 0 radical (unpaired) electrons. The third-order valence-electron chi connectivity index (χ3n) is 2.43. The molecule has 1 aromatic carbocycles. The van der Waals surface area contributed by atoms with Crippen LogP contribution in [0, 0.1) is 11.6 Å². The van der Waals surface area contributed by atoms with E-state index in [0.29, 0.717) is 6.54 Å². The van der Waals surface area contributed by atoms with Crippen LogP contribution in [0.2, 0.25) is 0 Å². The van der Waals surface area contributed by atoms with E-state index in [1.54, 1.807) is 25.1 Å². The van der Waals surface area contributed by atoms with Crippen molar-refractivity contribution in [2.24, 2.45) is 5.73 Å². The van der Waals surface area contributed by atoms with Crippen LogP contribution in [0.5, 0.6) is 0 Å². The maximum atomic E-state index is 13.6. The van der Waals surface area contributed by atoms with Crippen molar-refractivity contribution in [3.63, 3.8) is 0 Å². The second-order valence-electron chi connectivity index (χ2n) is 3.83. The molecule has 1 rings (SSSR count). The summed E-state index contributed by atoms with van der Waals surface area (Å²) in [7, 11) is 3.37. The monoisotopic (exact) mass is 214 g/mol. The lowest BCUT2D eigenvalue weighted by Crippen LogP contribution is -2.18. The number of nitrogens with zero attached hydrogens (tertiary/aromatic N) is 1. The van der Waals surface area contributed by atoms with E-state index in [9.17, 15) is 8.78 Å². The lowest BCUT2D eigenvalue weighted by molar-refractivity contribution is 0.506. The molecule has 0 aliphatic carbocycles. The summed E-state index contributed by atoms with van der Waals surface area (Å²) < 4.78 is 26.6. The molecule has 0 heterocycles. The van der Waals surface area contributed by atoms with Crippen LogP contribution < -0.4 is 10.6 Å². The highest BCUT2D eigenvalue weighted by atomic mass is 19.2. The topological polar surface area (TPSA) is 29.3 Å². The molecule has 0 amide bonds. The number of halogens is 2. The Balaban J connectivity index is 3.33. The zero-order valence-corrected chi connectivity index (χ0v) is 9.22. The summed E-state index contributed by atoms with van der Waals surface area (Å²) in [4.78, 5) is 1.57. The van der Waals surface area contributed by atoms with Gasteiger partial charge in [-0.1, -0.05) is 13.0 Å². The minimum Gasteiger partial charge on any atom is -0.375 e. The van der Waals surface area contributed by atoms with Gasteiger partial charge in [-0.2, -0.15) is 0 Å². The van der Waals surface area contributed by atoms with Gasteiger partial charge in [0.1, 0.15) is 0 Å². The molecule has 2 nitrogen and oxygen atoms in total. The highest BCUT2D eigenvalue weighted by molar-refractivity contribution is 5.55. The number of benzene rings is 1. The summed E-state index contributed by atoms with van der Waals surface area (Å²) in [6.45, 7) is 2.30. The zero-order chi connectivity index (χ0) is 11.6. The van der Waals surface area contributed by atoms with E-state index in [0.717, 1.165) is 11.6 Å². The maximum absolute atomic E-state index is 13.6. The van der Waals surface area contributed by atoms with Crippen LogP contribution in [0.1, 0.15) is 18.4 Å². The molecule has 0 aromatic heterocycles. The molecule has 15 heavy (non-hydrogen) atoms. The lowest BCUT2D eigenvalue weighted by atomic mass is 9.98. The third kappa shape index (κ3) is 2.26. The van der Waals surface area contributed by atoms with E-state index in [1.807, 2.05) is 6.92 Å². The largest absolute Gasteiger partial charge is 0.375 e. The first-order valence-electron chi connectivity index (χ1n) is 4.84. The van der Waals surface area contributed by atoms with Crippen LogP contribution in [0.25, 0.3) is 0 Å². The number of anilines is 1. The Labute approximate surface area is 88.7 Å². The Morgan fingerprint density at radius 3 is 2.40 bits per heavy atom. The van der Waals surface area contributed by atoms with Crippen LogP contribution in [0.4, 0.5) is 14.5 Å². The summed E-state index contributed by atoms with van der Waals surface area (Å²) >= 11 is 0. The molecule has 0 bridgehead atoms. The molecule has 0 saturated carbocycles. The van der Waals surface area contributed by atoms with E-state index in [2.05, 4.69) is 0 Å². The second kappa shape index (κ2) is 4.57. The van der Waals surface area contributed by atoms with Gasteiger partial charge < -0.3 is 10.6 Å². The van der Waals surface area contributed by atoms with Gasteiger partial charge in [0.05, 0.1) is 5.69 Å². The average molecular weight is 214 g/mol. The van der Waals surface area contributed by atoms with Crippen LogP contribution in [-0.4, -0.2) is 20.6 Å². The molecule has 1 unspecified atom stereocenters. The van der Waals surface area contributed by atoms with Gasteiger partial charge in [0.25, 0.3) is 0 Å². The van der Waals surface area contributed by atoms with Gasteiger partial charge in [-0.15, -0.1) is 0 Å². The van der Waals surface area contributed by atoms with Gasteiger partial charge in [-0.05, 0) is 24.1 Å². The molecule has 2 N–H and O–H groups in total. The van der Waals surface area contributed by atoms with Gasteiger partial charge in [0.15, 0.2) is 11.6 Å². The van der Waals surface area contributed by atoms with Gasteiger partial charge >= 0.3 is 0 Å². The van der Waals surface area contributed by atoms with E-state index < -0.39 is 11.6 Å². The lowest BCUT2D eigenvalue weighted by Gasteiger charge is -2.21. The fraction of sp³-hybridized carbons (Fsp3) is 0.455. The summed E-state index contributed by atoms with van der Waals surface area (Å²) in [5, 5.41) is 0. The maximum Gasteiger partial charge on any atom is 0.182 e. The molecule has 1 aromatic rings. The van der Waals surface area contributed by atoms with E-state index in [1.165, 1.54) is 0 Å². The zero-order valence-electron chi connectivity index (χ0n) is 9.22. The second-order valence-corrected chi connectivity index (χ2v) is 3.83. The predicted octanol–water partition coefficient (Wildman–Crippen LogP) is 2.09. The molecule has 1 atom stereocenters. The normalized spacial score (nSPS) is 12.7. The summed E-state index contributed by atoms with van der Waals surface area (Å²) in [6.07, 6.45) is 0. The van der Waals surface area contributed by atoms with Crippen molar-refractivity contribution in [2.45, 2.75) is 12.8 Å². The summed E-state index contributed by atoms with van der Waals surface area (Å²) in [5.74, 6) is -1.62. The summed E-state index contributed by atoms with van der Waals surface area (Å²) in [6, 6.07) is 2.73. The molecular weight excluding hydrogens is 198 g/mol. The van der Waals surface area contributed by atoms with Crippen molar-refractivity contribution in [1.82, 2.24) is 0 Å². The quantitative estimate of drug-likeness (QED) is 0.834. The Morgan fingerprint density at radius 1 is 1.33 bits per heavy atom. The highest BCUT2D eigenvalue weighted by Crippen LogP contribution is 2.30. The Hall–Kier alpha value is -1.16. The van der Waals surface area contributed by atoms with E-state index in [-0.39, 0.29) is 11.6 Å². The average Bonchev–Trinajstić information content (AvgIpc) is 2.20. The Morgan fingerprint density at radius 2 is 1.93 bits per heavy atom. The van der Waals surface area contributed by atoms with Crippen molar-refractivity contribution in [1.29, 1.82) is 0 Å². The van der Waals surface area contributed by atoms with Crippen molar-refractivity contribution < 1.29 is 8.78 Å². The first kappa shape index (κ1) is 11.9. The molecule has 0 aliphatic heterocycles. The molecule has 0 fully saturated rings. The van der Waals surface area contributed by atoms with E-state index >= 15 is 0 Å². The first-order chi connectivity index (χ1) is 6.99. The van der Waals surface area contributed by atoms with Gasteiger partial charge in [-0.3, -0.25) is 0 Å². The number of rotatable bonds is 3.